The Balaban J connectivity index is 1.76. The number of nitrogens with zero attached hydrogens (tertiary/aromatic N) is 2. The number of nitrogen functional groups attached to an aromatic ring is 1. The summed E-state index contributed by atoms with van der Waals surface area (Å²) in [5, 5.41) is 4.09. The molecule has 0 atom stereocenters. The number of hydrogen-bond acceptors (Lipinski definition) is 4. The van der Waals surface area contributed by atoms with Crippen molar-refractivity contribution in [2.75, 3.05) is 5.73 Å². The molecule has 1 heterocycles. The molecule has 86 valence electrons. The van der Waals surface area contributed by atoms with Crippen LogP contribution in [0.1, 0.15) is 44.3 Å². The summed E-state index contributed by atoms with van der Waals surface area (Å²) in [7, 11) is 0. The third-order valence-corrected chi connectivity index (χ3v) is 4.95. The minimum atomic E-state index is 0.218. The highest BCUT2D eigenvalue weighted by atomic mass is 16.5. The average Bonchev–Trinajstić information content (AvgIpc) is 2.63. The first-order chi connectivity index (χ1) is 7.73. The van der Waals surface area contributed by atoms with Gasteiger partial charge in [0.05, 0.1) is 0 Å². The van der Waals surface area contributed by atoms with Crippen LogP contribution >= 0.6 is 0 Å². The lowest BCUT2D eigenvalue weighted by molar-refractivity contribution is -0.0103. The molecule has 4 saturated carbocycles. The monoisotopic (exact) mass is 219 g/mol. The van der Waals surface area contributed by atoms with E-state index in [0.29, 0.717) is 0 Å². The average molecular weight is 219 g/mol. The molecule has 0 saturated heterocycles. The fraction of sp³-hybridized carbons (Fsp3) is 0.833. The van der Waals surface area contributed by atoms with Crippen molar-refractivity contribution in [3.05, 3.63) is 5.82 Å². The summed E-state index contributed by atoms with van der Waals surface area (Å²) >= 11 is 0. The Hall–Kier alpha value is -1.06. The van der Waals surface area contributed by atoms with Gasteiger partial charge in [-0.3, -0.25) is 0 Å². The molecular weight excluding hydrogens is 202 g/mol. The van der Waals surface area contributed by atoms with E-state index in [4.69, 9.17) is 10.3 Å². The van der Waals surface area contributed by atoms with Crippen LogP contribution < -0.4 is 5.73 Å². The molecule has 0 amide bonds. The number of aromatic nitrogens is 2. The second-order valence-electron chi connectivity index (χ2n) is 6.15. The van der Waals surface area contributed by atoms with E-state index in [0.717, 1.165) is 23.6 Å². The van der Waals surface area contributed by atoms with Crippen LogP contribution in [0.5, 0.6) is 0 Å². The van der Waals surface area contributed by atoms with Crippen LogP contribution in [0.25, 0.3) is 0 Å². The van der Waals surface area contributed by atoms with Gasteiger partial charge < -0.3 is 10.3 Å². The van der Waals surface area contributed by atoms with Crippen molar-refractivity contribution in [1.82, 2.24) is 10.1 Å². The van der Waals surface area contributed by atoms with Crippen molar-refractivity contribution in [3.63, 3.8) is 0 Å². The molecule has 0 spiro atoms. The molecule has 16 heavy (non-hydrogen) atoms. The molecule has 4 nitrogen and oxygen atoms in total. The van der Waals surface area contributed by atoms with Gasteiger partial charge in [-0.2, -0.15) is 4.98 Å². The Kier molecular flexibility index (Phi) is 1.57. The number of rotatable bonds is 1. The van der Waals surface area contributed by atoms with Gasteiger partial charge in [-0.15, -0.1) is 0 Å². The molecule has 5 rings (SSSR count). The molecule has 4 fully saturated rings. The van der Waals surface area contributed by atoms with Crippen LogP contribution in [0.3, 0.4) is 0 Å². The van der Waals surface area contributed by atoms with Crippen molar-refractivity contribution >= 4 is 6.01 Å². The van der Waals surface area contributed by atoms with Crippen LogP contribution in [-0.4, -0.2) is 10.1 Å². The Morgan fingerprint density at radius 3 is 2.06 bits per heavy atom. The van der Waals surface area contributed by atoms with Gasteiger partial charge in [-0.05, 0) is 56.3 Å². The highest BCUT2D eigenvalue weighted by molar-refractivity contribution is 5.20. The summed E-state index contributed by atoms with van der Waals surface area (Å²) in [4.78, 5) is 4.30. The molecule has 0 aliphatic heterocycles. The fourth-order valence-corrected chi connectivity index (χ4v) is 4.84. The van der Waals surface area contributed by atoms with Crippen molar-refractivity contribution in [2.45, 2.75) is 43.9 Å². The first kappa shape index (κ1) is 9.02. The van der Waals surface area contributed by atoms with E-state index in [1.165, 1.54) is 38.5 Å². The van der Waals surface area contributed by atoms with Crippen LogP contribution in [-0.2, 0) is 5.41 Å². The largest absolute Gasteiger partial charge is 0.351 e. The number of hydrogen-bond donors (Lipinski definition) is 1. The first-order valence-corrected chi connectivity index (χ1v) is 6.33. The Labute approximate surface area is 94.6 Å². The van der Waals surface area contributed by atoms with Gasteiger partial charge >= 0.3 is 6.01 Å². The first-order valence-electron chi connectivity index (χ1n) is 6.33. The Morgan fingerprint density at radius 1 is 1.06 bits per heavy atom. The number of anilines is 1. The van der Waals surface area contributed by atoms with Crippen LogP contribution in [0.2, 0.25) is 0 Å². The van der Waals surface area contributed by atoms with Gasteiger partial charge in [0.25, 0.3) is 0 Å². The van der Waals surface area contributed by atoms with Crippen LogP contribution in [0, 0.1) is 17.8 Å². The molecule has 4 aliphatic rings. The molecular formula is C12H17N3O. The highest BCUT2D eigenvalue weighted by Gasteiger charge is 2.53. The van der Waals surface area contributed by atoms with E-state index < -0.39 is 0 Å². The molecule has 1 aromatic rings. The van der Waals surface area contributed by atoms with Gasteiger partial charge in [0, 0.05) is 5.41 Å². The summed E-state index contributed by atoms with van der Waals surface area (Å²) in [5.74, 6) is 3.62. The quantitative estimate of drug-likeness (QED) is 0.785. The highest BCUT2D eigenvalue weighted by Crippen LogP contribution is 2.60. The maximum Gasteiger partial charge on any atom is 0.318 e. The summed E-state index contributed by atoms with van der Waals surface area (Å²) in [5.41, 5.74) is 5.78. The molecule has 0 unspecified atom stereocenters. The summed E-state index contributed by atoms with van der Waals surface area (Å²) < 4.78 is 4.97. The van der Waals surface area contributed by atoms with Gasteiger partial charge in [0.2, 0.25) is 0 Å². The van der Waals surface area contributed by atoms with Gasteiger partial charge in [-0.25, -0.2) is 0 Å². The lowest BCUT2D eigenvalue weighted by atomic mass is 9.49. The lowest BCUT2D eigenvalue weighted by Crippen LogP contribution is -2.49. The normalized spacial score (nSPS) is 45.1. The predicted molar refractivity (Wildman–Crippen MR) is 58.6 cm³/mol. The molecule has 0 radical (unpaired) electrons. The fourth-order valence-electron chi connectivity index (χ4n) is 4.84. The summed E-state index contributed by atoms with van der Waals surface area (Å²) in [6, 6.07) is 0.228. The van der Waals surface area contributed by atoms with E-state index >= 15 is 0 Å². The van der Waals surface area contributed by atoms with E-state index in [1.807, 2.05) is 0 Å². The topological polar surface area (TPSA) is 64.9 Å². The molecule has 4 bridgehead atoms. The molecule has 1 aromatic heterocycles. The van der Waals surface area contributed by atoms with Gasteiger partial charge in [0.1, 0.15) is 0 Å². The smallest absolute Gasteiger partial charge is 0.318 e. The van der Waals surface area contributed by atoms with E-state index in [-0.39, 0.29) is 11.4 Å². The second kappa shape index (κ2) is 2.79. The van der Waals surface area contributed by atoms with Gasteiger partial charge in [-0.1, -0.05) is 5.16 Å². The van der Waals surface area contributed by atoms with E-state index in [2.05, 4.69) is 10.1 Å². The zero-order valence-corrected chi connectivity index (χ0v) is 9.35. The van der Waals surface area contributed by atoms with Crippen molar-refractivity contribution in [3.8, 4) is 0 Å². The third-order valence-electron chi connectivity index (χ3n) is 4.95. The predicted octanol–water partition coefficient (Wildman–Crippen LogP) is 2.12. The van der Waals surface area contributed by atoms with Crippen molar-refractivity contribution < 1.29 is 4.52 Å². The SMILES string of the molecule is Nc1nc(C23CC4CC(CC(C4)C2)C3)no1. The molecule has 4 heteroatoms. The van der Waals surface area contributed by atoms with E-state index in [1.54, 1.807) is 0 Å². The van der Waals surface area contributed by atoms with Crippen LogP contribution in [0.4, 0.5) is 6.01 Å². The Bertz CT molecular complexity index is 390. The van der Waals surface area contributed by atoms with Crippen LogP contribution in [0.15, 0.2) is 4.52 Å². The minimum Gasteiger partial charge on any atom is -0.351 e. The van der Waals surface area contributed by atoms with Crippen molar-refractivity contribution in [1.29, 1.82) is 0 Å². The molecule has 0 aromatic carbocycles. The Morgan fingerprint density at radius 2 is 1.62 bits per heavy atom. The summed E-state index contributed by atoms with van der Waals surface area (Å²) in [6.07, 6.45) is 8.10. The molecule has 4 aliphatic carbocycles. The third kappa shape index (κ3) is 1.10. The zero-order valence-electron chi connectivity index (χ0n) is 9.35. The lowest BCUT2D eigenvalue weighted by Gasteiger charge is -2.55. The summed E-state index contributed by atoms with van der Waals surface area (Å²) in [6.45, 7) is 0. The van der Waals surface area contributed by atoms with E-state index in [9.17, 15) is 0 Å². The minimum absolute atomic E-state index is 0.218. The maximum atomic E-state index is 5.56. The van der Waals surface area contributed by atoms with Crippen molar-refractivity contribution in [2.24, 2.45) is 17.8 Å². The van der Waals surface area contributed by atoms with Gasteiger partial charge in [0.15, 0.2) is 5.82 Å². The zero-order chi connectivity index (χ0) is 10.8. The molecule has 2 N–H and O–H groups in total. The maximum absolute atomic E-state index is 5.56. The number of nitrogens with two attached hydrogens (primary N) is 1. The standard InChI is InChI=1S/C12H17N3O/c13-11-14-10(15-16-11)12-4-7-1-8(5-12)3-9(2-7)6-12/h7-9H,1-6H2,(H2,13,14,15). The second-order valence-corrected chi connectivity index (χ2v) is 6.15.